The zero-order valence-electron chi connectivity index (χ0n) is 16.1. The molecule has 0 aliphatic heterocycles. The van der Waals surface area contributed by atoms with Gasteiger partial charge in [-0.1, -0.05) is 27.7 Å². The Morgan fingerprint density at radius 2 is 1.38 bits per heavy atom. The second-order valence-electron chi connectivity index (χ2n) is 7.67. The molecule has 3 N–H and O–H groups in total. The van der Waals surface area contributed by atoms with E-state index in [1.54, 1.807) is 6.20 Å². The smallest absolute Gasteiger partial charge is 0.126 e. The van der Waals surface area contributed by atoms with Gasteiger partial charge >= 0.3 is 0 Å². The van der Waals surface area contributed by atoms with Crippen LogP contribution in [0.5, 0.6) is 0 Å². The van der Waals surface area contributed by atoms with Crippen molar-refractivity contribution in [2.24, 2.45) is 0 Å². The van der Waals surface area contributed by atoms with E-state index in [2.05, 4.69) is 75.9 Å². The van der Waals surface area contributed by atoms with Crippen LogP contribution in [0.3, 0.4) is 0 Å². The van der Waals surface area contributed by atoms with E-state index < -0.39 is 0 Å². The SMILES string of the molecule is CC(C)c1ccnc(N)c1.CC(C)c1ccnc(NC(C)(C)C)c1. The predicted octanol–water partition coefficient (Wildman–Crippen LogP) is 5.20. The Morgan fingerprint density at radius 1 is 0.875 bits per heavy atom. The number of hydrogen-bond acceptors (Lipinski definition) is 4. The molecule has 132 valence electrons. The Hall–Kier alpha value is -2.10. The molecule has 24 heavy (non-hydrogen) atoms. The molecule has 2 aromatic heterocycles. The Balaban J connectivity index is 0.000000254. The van der Waals surface area contributed by atoms with Crippen LogP contribution in [0.15, 0.2) is 36.7 Å². The van der Waals surface area contributed by atoms with Crippen molar-refractivity contribution in [2.75, 3.05) is 11.1 Å². The molecular formula is C20H32N4. The summed E-state index contributed by atoms with van der Waals surface area (Å²) in [5.41, 5.74) is 8.13. The average molecular weight is 329 g/mol. The highest BCUT2D eigenvalue weighted by atomic mass is 15.0. The van der Waals surface area contributed by atoms with Crippen LogP contribution in [0, 0.1) is 0 Å². The maximum atomic E-state index is 5.49. The molecule has 0 bridgehead atoms. The van der Waals surface area contributed by atoms with Gasteiger partial charge in [-0.25, -0.2) is 9.97 Å². The quantitative estimate of drug-likeness (QED) is 0.812. The summed E-state index contributed by atoms with van der Waals surface area (Å²) in [6.07, 6.45) is 3.61. The number of nitrogens with zero attached hydrogens (tertiary/aromatic N) is 2. The number of rotatable bonds is 3. The standard InChI is InChI=1S/C12H20N2.C8H12N2/c1-9(2)10-6-7-13-11(8-10)14-12(3,4)5;1-6(2)7-3-4-10-8(9)5-7/h6-9H,1-5H3,(H,13,14);3-6H,1-2H3,(H2,9,10). The Kier molecular flexibility index (Phi) is 7.20. The van der Waals surface area contributed by atoms with Crippen LogP contribution in [0.25, 0.3) is 0 Å². The van der Waals surface area contributed by atoms with Crippen molar-refractivity contribution in [3.63, 3.8) is 0 Å². The fraction of sp³-hybridized carbons (Fsp3) is 0.500. The van der Waals surface area contributed by atoms with Gasteiger partial charge in [0.2, 0.25) is 0 Å². The number of hydrogen-bond donors (Lipinski definition) is 2. The first kappa shape index (κ1) is 19.9. The zero-order valence-corrected chi connectivity index (χ0v) is 16.1. The summed E-state index contributed by atoms with van der Waals surface area (Å²) in [6, 6.07) is 8.08. The van der Waals surface area contributed by atoms with Crippen molar-refractivity contribution >= 4 is 11.6 Å². The van der Waals surface area contributed by atoms with E-state index in [-0.39, 0.29) is 5.54 Å². The second kappa shape index (κ2) is 8.67. The van der Waals surface area contributed by atoms with Gasteiger partial charge < -0.3 is 11.1 Å². The van der Waals surface area contributed by atoms with Gasteiger partial charge in [-0.05, 0) is 68.0 Å². The van der Waals surface area contributed by atoms with Gasteiger partial charge in [0.15, 0.2) is 0 Å². The lowest BCUT2D eigenvalue weighted by Gasteiger charge is -2.21. The number of aromatic nitrogens is 2. The lowest BCUT2D eigenvalue weighted by atomic mass is 10.0. The summed E-state index contributed by atoms with van der Waals surface area (Å²) in [6.45, 7) is 15.1. The zero-order chi connectivity index (χ0) is 18.3. The molecule has 0 unspecified atom stereocenters. The number of nitrogen functional groups attached to an aromatic ring is 1. The van der Waals surface area contributed by atoms with Gasteiger partial charge in [0.25, 0.3) is 0 Å². The van der Waals surface area contributed by atoms with Gasteiger partial charge in [0.1, 0.15) is 11.6 Å². The summed E-state index contributed by atoms with van der Waals surface area (Å²) >= 11 is 0. The molecule has 0 amide bonds. The van der Waals surface area contributed by atoms with E-state index in [4.69, 9.17) is 5.73 Å². The van der Waals surface area contributed by atoms with Crippen molar-refractivity contribution in [3.05, 3.63) is 47.8 Å². The van der Waals surface area contributed by atoms with Gasteiger partial charge in [0, 0.05) is 17.9 Å². The summed E-state index contributed by atoms with van der Waals surface area (Å²) in [7, 11) is 0. The third-order valence-electron chi connectivity index (χ3n) is 3.43. The molecule has 4 nitrogen and oxygen atoms in total. The first-order valence-electron chi connectivity index (χ1n) is 8.54. The van der Waals surface area contributed by atoms with E-state index in [1.807, 2.05) is 18.3 Å². The molecule has 0 radical (unpaired) electrons. The molecule has 4 heteroatoms. The van der Waals surface area contributed by atoms with E-state index in [9.17, 15) is 0 Å². The van der Waals surface area contributed by atoms with Crippen molar-refractivity contribution in [2.45, 2.75) is 65.8 Å². The van der Waals surface area contributed by atoms with Crippen molar-refractivity contribution in [1.29, 1.82) is 0 Å². The normalized spacial score (nSPS) is 11.2. The van der Waals surface area contributed by atoms with Gasteiger partial charge in [-0.2, -0.15) is 0 Å². The topological polar surface area (TPSA) is 63.8 Å². The third kappa shape index (κ3) is 7.44. The lowest BCUT2D eigenvalue weighted by molar-refractivity contribution is 0.630. The average Bonchev–Trinajstić information content (AvgIpc) is 2.46. The fourth-order valence-corrected chi connectivity index (χ4v) is 2.08. The maximum Gasteiger partial charge on any atom is 0.126 e. The highest BCUT2D eigenvalue weighted by molar-refractivity contribution is 5.40. The van der Waals surface area contributed by atoms with Crippen molar-refractivity contribution in [1.82, 2.24) is 9.97 Å². The van der Waals surface area contributed by atoms with Crippen molar-refractivity contribution in [3.8, 4) is 0 Å². The van der Waals surface area contributed by atoms with Crippen LogP contribution in [0.1, 0.15) is 71.4 Å². The first-order valence-corrected chi connectivity index (χ1v) is 8.54. The van der Waals surface area contributed by atoms with Crippen LogP contribution in [-0.2, 0) is 0 Å². The molecule has 0 spiro atoms. The minimum absolute atomic E-state index is 0.0720. The molecule has 2 rings (SSSR count). The molecule has 0 aromatic carbocycles. The second-order valence-corrected chi connectivity index (χ2v) is 7.67. The molecular weight excluding hydrogens is 296 g/mol. The van der Waals surface area contributed by atoms with Crippen LogP contribution >= 0.6 is 0 Å². The number of nitrogens with one attached hydrogen (secondary N) is 1. The van der Waals surface area contributed by atoms with E-state index in [0.29, 0.717) is 17.7 Å². The van der Waals surface area contributed by atoms with E-state index in [0.717, 1.165) is 5.82 Å². The highest BCUT2D eigenvalue weighted by Crippen LogP contribution is 2.18. The molecule has 2 aromatic rings. The summed E-state index contributed by atoms with van der Waals surface area (Å²) < 4.78 is 0. The maximum absolute atomic E-state index is 5.49. The molecule has 0 aliphatic rings. The van der Waals surface area contributed by atoms with Gasteiger partial charge in [-0.15, -0.1) is 0 Å². The molecule has 0 saturated heterocycles. The van der Waals surface area contributed by atoms with Crippen LogP contribution < -0.4 is 11.1 Å². The summed E-state index contributed by atoms with van der Waals surface area (Å²) in [5, 5.41) is 3.37. The predicted molar refractivity (Wildman–Crippen MR) is 104 cm³/mol. The third-order valence-corrected chi connectivity index (χ3v) is 3.43. The number of pyridine rings is 2. The molecule has 0 aliphatic carbocycles. The lowest BCUT2D eigenvalue weighted by Crippen LogP contribution is -2.26. The van der Waals surface area contributed by atoms with Crippen LogP contribution in [-0.4, -0.2) is 15.5 Å². The minimum atomic E-state index is 0.0720. The van der Waals surface area contributed by atoms with E-state index in [1.165, 1.54) is 11.1 Å². The fourth-order valence-electron chi connectivity index (χ4n) is 2.08. The van der Waals surface area contributed by atoms with E-state index >= 15 is 0 Å². The molecule has 2 heterocycles. The van der Waals surface area contributed by atoms with Crippen LogP contribution in [0.4, 0.5) is 11.6 Å². The Morgan fingerprint density at radius 3 is 1.79 bits per heavy atom. The van der Waals surface area contributed by atoms with Gasteiger partial charge in [-0.3, -0.25) is 0 Å². The minimum Gasteiger partial charge on any atom is -0.384 e. The Labute approximate surface area is 146 Å². The Bertz CT molecular complexity index is 628. The number of anilines is 2. The molecule has 0 atom stereocenters. The monoisotopic (exact) mass is 328 g/mol. The molecule has 0 saturated carbocycles. The highest BCUT2D eigenvalue weighted by Gasteiger charge is 2.10. The molecule has 0 fully saturated rings. The summed E-state index contributed by atoms with van der Waals surface area (Å²) in [5.74, 6) is 2.65. The first-order chi connectivity index (χ1) is 11.1. The van der Waals surface area contributed by atoms with Crippen LogP contribution in [0.2, 0.25) is 0 Å². The van der Waals surface area contributed by atoms with Gasteiger partial charge in [0.05, 0.1) is 0 Å². The largest absolute Gasteiger partial charge is 0.384 e. The number of nitrogens with two attached hydrogens (primary N) is 1. The van der Waals surface area contributed by atoms with Crippen molar-refractivity contribution < 1.29 is 0 Å². The summed E-state index contributed by atoms with van der Waals surface area (Å²) in [4.78, 5) is 8.20.